The standard InChI is InChI=1S/C13H18N2O2/c1-15(13(16)6-7-14)11-4-5-12-10(9-11)3-2-8-17-12/h4-5,9H,2-3,6-8,14H2,1H3. The van der Waals surface area contributed by atoms with Crippen LogP contribution in [0.3, 0.4) is 0 Å². The zero-order valence-electron chi connectivity index (χ0n) is 10.1. The molecular formula is C13H18N2O2. The second-order valence-electron chi connectivity index (χ2n) is 4.24. The van der Waals surface area contributed by atoms with Crippen LogP contribution >= 0.6 is 0 Å². The van der Waals surface area contributed by atoms with Gasteiger partial charge in [-0.3, -0.25) is 4.79 Å². The van der Waals surface area contributed by atoms with Crippen LogP contribution in [0.5, 0.6) is 5.75 Å². The lowest BCUT2D eigenvalue weighted by atomic mass is 10.1. The molecule has 4 nitrogen and oxygen atoms in total. The van der Waals surface area contributed by atoms with Crippen LogP contribution in [0.25, 0.3) is 0 Å². The monoisotopic (exact) mass is 234 g/mol. The van der Waals surface area contributed by atoms with Gasteiger partial charge in [0, 0.05) is 25.7 Å². The fourth-order valence-electron chi connectivity index (χ4n) is 1.99. The predicted molar refractivity (Wildman–Crippen MR) is 67.3 cm³/mol. The summed E-state index contributed by atoms with van der Waals surface area (Å²) in [6, 6.07) is 5.89. The minimum Gasteiger partial charge on any atom is -0.493 e. The first-order valence-electron chi connectivity index (χ1n) is 5.94. The molecule has 0 radical (unpaired) electrons. The highest BCUT2D eigenvalue weighted by Crippen LogP contribution is 2.28. The van der Waals surface area contributed by atoms with E-state index in [1.165, 1.54) is 5.56 Å². The van der Waals surface area contributed by atoms with Gasteiger partial charge in [-0.25, -0.2) is 0 Å². The van der Waals surface area contributed by atoms with Crippen molar-refractivity contribution in [3.63, 3.8) is 0 Å². The van der Waals surface area contributed by atoms with Gasteiger partial charge >= 0.3 is 0 Å². The summed E-state index contributed by atoms with van der Waals surface area (Å²) >= 11 is 0. The number of aryl methyl sites for hydroxylation is 1. The topological polar surface area (TPSA) is 55.6 Å². The summed E-state index contributed by atoms with van der Waals surface area (Å²) in [5, 5.41) is 0. The van der Waals surface area contributed by atoms with Crippen molar-refractivity contribution in [2.45, 2.75) is 19.3 Å². The largest absolute Gasteiger partial charge is 0.493 e. The Balaban J connectivity index is 2.18. The van der Waals surface area contributed by atoms with Crippen molar-refractivity contribution in [3.8, 4) is 5.75 Å². The fourth-order valence-corrected chi connectivity index (χ4v) is 1.99. The first-order valence-corrected chi connectivity index (χ1v) is 5.94. The Kier molecular flexibility index (Phi) is 3.64. The van der Waals surface area contributed by atoms with Gasteiger partial charge in [0.25, 0.3) is 0 Å². The normalized spacial score (nSPS) is 13.8. The molecule has 1 aliphatic rings. The Bertz CT molecular complexity index is 418. The lowest BCUT2D eigenvalue weighted by Gasteiger charge is -2.22. The van der Waals surface area contributed by atoms with E-state index in [0.717, 1.165) is 30.9 Å². The van der Waals surface area contributed by atoms with Gasteiger partial charge in [-0.15, -0.1) is 0 Å². The van der Waals surface area contributed by atoms with Gasteiger partial charge < -0.3 is 15.4 Å². The van der Waals surface area contributed by atoms with Gasteiger partial charge in [0.15, 0.2) is 0 Å². The van der Waals surface area contributed by atoms with Crippen molar-refractivity contribution in [2.75, 3.05) is 25.1 Å². The quantitative estimate of drug-likeness (QED) is 0.858. The molecule has 2 rings (SSSR count). The van der Waals surface area contributed by atoms with E-state index < -0.39 is 0 Å². The number of fused-ring (bicyclic) bond motifs is 1. The SMILES string of the molecule is CN(C(=O)CCN)c1ccc2c(c1)CCCO2. The fraction of sp³-hybridized carbons (Fsp3) is 0.462. The Morgan fingerprint density at radius 2 is 2.35 bits per heavy atom. The van der Waals surface area contributed by atoms with E-state index >= 15 is 0 Å². The molecule has 4 heteroatoms. The summed E-state index contributed by atoms with van der Waals surface area (Å²) in [7, 11) is 1.78. The summed E-state index contributed by atoms with van der Waals surface area (Å²) in [6.45, 7) is 1.17. The number of amides is 1. The number of ether oxygens (including phenoxy) is 1. The maximum absolute atomic E-state index is 11.7. The molecule has 0 fully saturated rings. The van der Waals surface area contributed by atoms with Crippen molar-refractivity contribution in [3.05, 3.63) is 23.8 Å². The van der Waals surface area contributed by atoms with Crippen molar-refractivity contribution in [2.24, 2.45) is 5.73 Å². The third-order valence-electron chi connectivity index (χ3n) is 3.01. The maximum atomic E-state index is 11.7. The number of carbonyl (C=O) groups excluding carboxylic acids is 1. The number of anilines is 1. The molecule has 1 aromatic carbocycles. The van der Waals surface area contributed by atoms with Crippen molar-refractivity contribution < 1.29 is 9.53 Å². The van der Waals surface area contributed by atoms with Crippen LogP contribution in [0, 0.1) is 0 Å². The van der Waals surface area contributed by atoms with Crippen LogP contribution < -0.4 is 15.4 Å². The summed E-state index contributed by atoms with van der Waals surface area (Å²) in [6.07, 6.45) is 2.43. The lowest BCUT2D eigenvalue weighted by Crippen LogP contribution is -2.28. The number of nitrogens with zero attached hydrogens (tertiary/aromatic N) is 1. The number of carbonyl (C=O) groups is 1. The van der Waals surface area contributed by atoms with E-state index in [0.29, 0.717) is 13.0 Å². The van der Waals surface area contributed by atoms with Gasteiger partial charge in [0.05, 0.1) is 6.61 Å². The molecule has 0 aromatic heterocycles. The van der Waals surface area contributed by atoms with E-state index in [4.69, 9.17) is 10.5 Å². The van der Waals surface area contributed by atoms with E-state index in [1.807, 2.05) is 18.2 Å². The molecule has 0 aliphatic carbocycles. The van der Waals surface area contributed by atoms with Gasteiger partial charge in [-0.05, 0) is 36.6 Å². The molecule has 17 heavy (non-hydrogen) atoms. The Morgan fingerprint density at radius 1 is 1.53 bits per heavy atom. The lowest BCUT2D eigenvalue weighted by molar-refractivity contribution is -0.118. The molecule has 0 saturated carbocycles. The molecular weight excluding hydrogens is 216 g/mol. The first-order chi connectivity index (χ1) is 8.22. The minimum absolute atomic E-state index is 0.0455. The van der Waals surface area contributed by atoms with Crippen LogP contribution in [0.2, 0.25) is 0 Å². The van der Waals surface area contributed by atoms with Crippen molar-refractivity contribution in [1.82, 2.24) is 0 Å². The highest BCUT2D eigenvalue weighted by molar-refractivity contribution is 5.93. The Labute approximate surface area is 101 Å². The van der Waals surface area contributed by atoms with Crippen LogP contribution in [-0.2, 0) is 11.2 Å². The first kappa shape index (κ1) is 11.9. The Hall–Kier alpha value is -1.55. The number of rotatable bonds is 3. The molecule has 0 saturated heterocycles. The summed E-state index contributed by atoms with van der Waals surface area (Å²) < 4.78 is 5.54. The maximum Gasteiger partial charge on any atom is 0.227 e. The molecule has 1 aromatic rings. The predicted octanol–water partition coefficient (Wildman–Crippen LogP) is 1.32. The summed E-state index contributed by atoms with van der Waals surface area (Å²) in [5.41, 5.74) is 7.48. The third-order valence-corrected chi connectivity index (χ3v) is 3.01. The Morgan fingerprint density at radius 3 is 3.12 bits per heavy atom. The van der Waals surface area contributed by atoms with Crippen LogP contribution in [0.1, 0.15) is 18.4 Å². The average molecular weight is 234 g/mol. The van der Waals surface area contributed by atoms with Crippen LogP contribution in [-0.4, -0.2) is 26.1 Å². The van der Waals surface area contributed by atoms with Gasteiger partial charge in [0.2, 0.25) is 5.91 Å². The van der Waals surface area contributed by atoms with Crippen molar-refractivity contribution in [1.29, 1.82) is 0 Å². The molecule has 1 aliphatic heterocycles. The summed E-state index contributed by atoms with van der Waals surface area (Å²) in [5.74, 6) is 0.990. The van der Waals surface area contributed by atoms with Crippen molar-refractivity contribution >= 4 is 11.6 Å². The molecule has 2 N–H and O–H groups in total. The molecule has 92 valence electrons. The van der Waals surface area contributed by atoms with E-state index in [-0.39, 0.29) is 5.91 Å². The van der Waals surface area contributed by atoms with Gasteiger partial charge in [-0.2, -0.15) is 0 Å². The number of hydrogen-bond acceptors (Lipinski definition) is 3. The second-order valence-corrected chi connectivity index (χ2v) is 4.24. The van der Waals surface area contributed by atoms with E-state index in [2.05, 4.69) is 0 Å². The smallest absolute Gasteiger partial charge is 0.227 e. The van der Waals surface area contributed by atoms with Crippen LogP contribution in [0.15, 0.2) is 18.2 Å². The van der Waals surface area contributed by atoms with E-state index in [1.54, 1.807) is 11.9 Å². The van der Waals surface area contributed by atoms with Crippen LogP contribution in [0.4, 0.5) is 5.69 Å². The zero-order chi connectivity index (χ0) is 12.3. The van der Waals surface area contributed by atoms with Gasteiger partial charge in [0.1, 0.15) is 5.75 Å². The highest BCUT2D eigenvalue weighted by Gasteiger charge is 2.14. The summed E-state index contributed by atoms with van der Waals surface area (Å²) in [4.78, 5) is 13.4. The molecule has 0 unspecified atom stereocenters. The molecule has 1 amide bonds. The minimum atomic E-state index is 0.0455. The number of benzene rings is 1. The number of hydrogen-bond donors (Lipinski definition) is 1. The second kappa shape index (κ2) is 5.19. The zero-order valence-corrected chi connectivity index (χ0v) is 10.1. The third kappa shape index (κ3) is 2.58. The molecule has 0 atom stereocenters. The van der Waals surface area contributed by atoms with E-state index in [9.17, 15) is 4.79 Å². The molecule has 1 heterocycles. The molecule has 0 bridgehead atoms. The van der Waals surface area contributed by atoms with Gasteiger partial charge in [-0.1, -0.05) is 0 Å². The highest BCUT2D eigenvalue weighted by atomic mass is 16.5. The number of nitrogens with two attached hydrogens (primary N) is 1. The average Bonchev–Trinajstić information content (AvgIpc) is 2.37. The molecule has 0 spiro atoms.